The molecule has 1 aromatic carbocycles. The van der Waals surface area contributed by atoms with Gasteiger partial charge in [0.05, 0.1) is 6.61 Å². The molecule has 1 aliphatic heterocycles. The molecule has 1 aliphatic rings. The summed E-state index contributed by atoms with van der Waals surface area (Å²) in [6, 6.07) is 6.67. The van der Waals surface area contributed by atoms with Gasteiger partial charge in [-0.3, -0.25) is 0 Å². The number of rotatable bonds is 3. The van der Waals surface area contributed by atoms with Crippen molar-refractivity contribution in [3.05, 3.63) is 46.9 Å². The molecule has 132 valence electrons. The van der Waals surface area contributed by atoms with Crippen molar-refractivity contribution in [1.29, 1.82) is 0 Å². The smallest absolute Gasteiger partial charge is 0.357 e. The van der Waals surface area contributed by atoms with Crippen molar-refractivity contribution in [2.24, 2.45) is 0 Å². The van der Waals surface area contributed by atoms with E-state index in [0.717, 1.165) is 17.5 Å². The molecular formula is C20H22FNO3. The molecule has 2 aromatic rings. The number of carbonyl (C=O) groups excluding carboxylic acids is 1. The topological polar surface area (TPSA) is 48.4 Å². The van der Waals surface area contributed by atoms with Crippen molar-refractivity contribution in [3.63, 3.8) is 0 Å². The second-order valence-corrected chi connectivity index (χ2v) is 6.90. The lowest BCUT2D eigenvalue weighted by Crippen LogP contribution is -2.33. The molecule has 0 radical (unpaired) electrons. The van der Waals surface area contributed by atoms with Crippen molar-refractivity contribution in [1.82, 2.24) is 4.98 Å². The highest BCUT2D eigenvalue weighted by atomic mass is 19.1. The zero-order chi connectivity index (χ0) is 18.2. The molecule has 0 N–H and O–H groups in total. The number of hydrogen-bond donors (Lipinski definition) is 0. The molecule has 0 saturated heterocycles. The Balaban J connectivity index is 2.19. The van der Waals surface area contributed by atoms with Gasteiger partial charge in [-0.25, -0.2) is 14.2 Å². The first kappa shape index (κ1) is 17.4. The highest BCUT2D eigenvalue weighted by Gasteiger charge is 2.31. The van der Waals surface area contributed by atoms with Crippen LogP contribution in [0.4, 0.5) is 4.39 Å². The SMILES string of the molecule is CCOC(=O)c1cc(-c2ccc(C)cc2F)c2c(n1)OC(C)(C)CC2. The van der Waals surface area contributed by atoms with Gasteiger partial charge in [0, 0.05) is 11.1 Å². The molecule has 0 saturated carbocycles. The van der Waals surface area contributed by atoms with Gasteiger partial charge in [0.25, 0.3) is 0 Å². The van der Waals surface area contributed by atoms with Crippen LogP contribution in [-0.2, 0) is 11.2 Å². The molecule has 4 nitrogen and oxygen atoms in total. The van der Waals surface area contributed by atoms with Crippen LogP contribution in [0.5, 0.6) is 5.88 Å². The van der Waals surface area contributed by atoms with E-state index in [0.29, 0.717) is 23.4 Å². The van der Waals surface area contributed by atoms with Gasteiger partial charge in [-0.2, -0.15) is 0 Å². The van der Waals surface area contributed by atoms with E-state index in [9.17, 15) is 9.18 Å². The van der Waals surface area contributed by atoms with Crippen molar-refractivity contribution >= 4 is 5.97 Å². The van der Waals surface area contributed by atoms with Crippen molar-refractivity contribution in [2.75, 3.05) is 6.61 Å². The molecule has 0 unspecified atom stereocenters. The number of aromatic nitrogens is 1. The van der Waals surface area contributed by atoms with Crippen LogP contribution in [0, 0.1) is 12.7 Å². The molecule has 0 spiro atoms. The van der Waals surface area contributed by atoms with Crippen LogP contribution in [0.25, 0.3) is 11.1 Å². The minimum absolute atomic E-state index is 0.133. The van der Waals surface area contributed by atoms with E-state index in [1.54, 1.807) is 19.1 Å². The van der Waals surface area contributed by atoms with Crippen LogP contribution in [-0.4, -0.2) is 23.2 Å². The zero-order valence-electron chi connectivity index (χ0n) is 15.0. The van der Waals surface area contributed by atoms with Crippen LogP contribution in [0.3, 0.4) is 0 Å². The van der Waals surface area contributed by atoms with Gasteiger partial charge in [0.2, 0.25) is 5.88 Å². The normalized spacial score (nSPS) is 15.2. The van der Waals surface area contributed by atoms with E-state index in [1.807, 2.05) is 26.8 Å². The summed E-state index contributed by atoms with van der Waals surface area (Å²) in [5.41, 5.74) is 2.51. The summed E-state index contributed by atoms with van der Waals surface area (Å²) < 4.78 is 25.6. The number of halogens is 1. The maximum Gasteiger partial charge on any atom is 0.357 e. The quantitative estimate of drug-likeness (QED) is 0.771. The van der Waals surface area contributed by atoms with Gasteiger partial charge < -0.3 is 9.47 Å². The van der Waals surface area contributed by atoms with Crippen LogP contribution < -0.4 is 4.74 Å². The van der Waals surface area contributed by atoms with Gasteiger partial charge >= 0.3 is 5.97 Å². The summed E-state index contributed by atoms with van der Waals surface area (Å²) in [7, 11) is 0. The molecular weight excluding hydrogens is 321 g/mol. The Morgan fingerprint density at radius 2 is 2.08 bits per heavy atom. The molecule has 0 atom stereocenters. The Kier molecular flexibility index (Phi) is 4.50. The fourth-order valence-electron chi connectivity index (χ4n) is 3.00. The van der Waals surface area contributed by atoms with Gasteiger partial charge in [-0.05, 0) is 63.8 Å². The molecule has 2 heterocycles. The monoisotopic (exact) mass is 343 g/mol. The predicted molar refractivity (Wildman–Crippen MR) is 93.4 cm³/mol. The minimum Gasteiger partial charge on any atom is -0.471 e. The third-order valence-corrected chi connectivity index (χ3v) is 4.34. The number of carbonyl (C=O) groups is 1. The summed E-state index contributed by atoms with van der Waals surface area (Å²) in [5.74, 6) is -0.476. The summed E-state index contributed by atoms with van der Waals surface area (Å²) in [6.07, 6.45) is 1.50. The Hall–Kier alpha value is -2.43. The van der Waals surface area contributed by atoms with Gasteiger partial charge in [0.15, 0.2) is 5.69 Å². The second-order valence-electron chi connectivity index (χ2n) is 6.90. The first-order chi connectivity index (χ1) is 11.8. The summed E-state index contributed by atoms with van der Waals surface area (Å²) >= 11 is 0. The molecule has 0 aliphatic carbocycles. The Morgan fingerprint density at radius 3 is 2.76 bits per heavy atom. The molecule has 0 fully saturated rings. The molecule has 5 heteroatoms. The van der Waals surface area contributed by atoms with E-state index < -0.39 is 5.97 Å². The van der Waals surface area contributed by atoms with E-state index in [-0.39, 0.29) is 23.7 Å². The van der Waals surface area contributed by atoms with E-state index in [1.165, 1.54) is 6.07 Å². The van der Waals surface area contributed by atoms with Crippen molar-refractivity contribution < 1.29 is 18.7 Å². The minimum atomic E-state index is -0.536. The highest BCUT2D eigenvalue weighted by Crippen LogP contribution is 2.39. The molecule has 0 amide bonds. The largest absolute Gasteiger partial charge is 0.471 e. The fourth-order valence-corrected chi connectivity index (χ4v) is 3.00. The number of nitrogens with zero attached hydrogens (tertiary/aromatic N) is 1. The summed E-state index contributed by atoms with van der Waals surface area (Å²) in [6.45, 7) is 7.76. The maximum absolute atomic E-state index is 14.6. The van der Waals surface area contributed by atoms with Gasteiger partial charge in [0.1, 0.15) is 11.4 Å². The number of fused-ring (bicyclic) bond motifs is 1. The number of benzene rings is 1. The lowest BCUT2D eigenvalue weighted by Gasteiger charge is -2.33. The third kappa shape index (κ3) is 3.50. The Morgan fingerprint density at radius 1 is 1.32 bits per heavy atom. The lowest BCUT2D eigenvalue weighted by molar-refractivity contribution is 0.0507. The maximum atomic E-state index is 14.6. The lowest BCUT2D eigenvalue weighted by atomic mass is 9.90. The molecule has 1 aromatic heterocycles. The third-order valence-electron chi connectivity index (χ3n) is 4.34. The Bertz CT molecular complexity index is 830. The van der Waals surface area contributed by atoms with Gasteiger partial charge in [-0.1, -0.05) is 12.1 Å². The molecule has 25 heavy (non-hydrogen) atoms. The van der Waals surface area contributed by atoms with Crippen molar-refractivity contribution in [2.45, 2.75) is 46.1 Å². The van der Waals surface area contributed by atoms with E-state index in [4.69, 9.17) is 9.47 Å². The van der Waals surface area contributed by atoms with Crippen molar-refractivity contribution in [3.8, 4) is 17.0 Å². The Labute approximate surface area is 147 Å². The number of aryl methyl sites for hydroxylation is 1. The average molecular weight is 343 g/mol. The van der Waals surface area contributed by atoms with Gasteiger partial charge in [-0.15, -0.1) is 0 Å². The fraction of sp³-hybridized carbons (Fsp3) is 0.400. The predicted octanol–water partition coefficient (Wildman–Crippen LogP) is 4.48. The number of esters is 1. The van der Waals surface area contributed by atoms with E-state index >= 15 is 0 Å². The zero-order valence-corrected chi connectivity index (χ0v) is 15.0. The number of pyridine rings is 1. The molecule has 0 bridgehead atoms. The summed E-state index contributed by atoms with van der Waals surface area (Å²) in [5, 5.41) is 0. The second kappa shape index (κ2) is 6.47. The highest BCUT2D eigenvalue weighted by molar-refractivity contribution is 5.90. The first-order valence-corrected chi connectivity index (χ1v) is 8.47. The van der Waals surface area contributed by atoms with E-state index in [2.05, 4.69) is 4.98 Å². The van der Waals surface area contributed by atoms with Crippen LogP contribution in [0.2, 0.25) is 0 Å². The van der Waals surface area contributed by atoms with Crippen LogP contribution in [0.15, 0.2) is 24.3 Å². The summed E-state index contributed by atoms with van der Waals surface area (Å²) in [4.78, 5) is 16.5. The standard InChI is InChI=1S/C20H22FNO3/c1-5-24-19(23)17-11-15(13-7-6-12(2)10-16(13)21)14-8-9-20(3,4)25-18(14)22-17/h6-7,10-11H,5,8-9H2,1-4H3. The average Bonchev–Trinajstić information content (AvgIpc) is 2.53. The first-order valence-electron chi connectivity index (χ1n) is 8.47. The number of hydrogen-bond acceptors (Lipinski definition) is 4. The molecule has 3 rings (SSSR count). The van der Waals surface area contributed by atoms with Crippen LogP contribution in [0.1, 0.15) is 48.8 Å². The number of ether oxygens (including phenoxy) is 2. The van der Waals surface area contributed by atoms with Crippen LogP contribution >= 0.6 is 0 Å².